The van der Waals surface area contributed by atoms with Crippen LogP contribution in [0.3, 0.4) is 0 Å². The molecule has 2 aliphatic heterocycles. The predicted molar refractivity (Wildman–Crippen MR) is 63.9 cm³/mol. The van der Waals surface area contributed by atoms with Crippen LogP contribution in [0.4, 0.5) is 0 Å². The van der Waals surface area contributed by atoms with Crippen molar-refractivity contribution in [3.63, 3.8) is 0 Å². The predicted octanol–water partition coefficient (Wildman–Crippen LogP) is 0.0788. The zero-order chi connectivity index (χ0) is 13.7. The third kappa shape index (κ3) is 1.50. The SMILES string of the molecule is C[C@]1(CCl)C(C(=O)OCCl)N2C(=O)C[C@@H]2S1(=O)=O. The summed E-state index contributed by atoms with van der Waals surface area (Å²) in [6.07, 6.45) is -0.112. The third-order valence-electron chi connectivity index (χ3n) is 3.50. The Labute approximate surface area is 114 Å². The molecule has 2 saturated heterocycles. The second-order valence-electron chi connectivity index (χ2n) is 4.43. The van der Waals surface area contributed by atoms with Crippen molar-refractivity contribution >= 4 is 44.9 Å². The first-order chi connectivity index (χ1) is 8.31. The molecule has 0 N–H and O–H groups in total. The minimum Gasteiger partial charge on any atom is -0.448 e. The maximum atomic E-state index is 12.3. The molecule has 9 heteroatoms. The Kier molecular flexibility index (Phi) is 3.28. The number of ether oxygens (including phenoxy) is 1. The summed E-state index contributed by atoms with van der Waals surface area (Å²) in [5, 5.41) is -0.971. The van der Waals surface area contributed by atoms with E-state index in [0.717, 1.165) is 4.90 Å². The Bertz CT molecular complexity index is 507. The summed E-state index contributed by atoms with van der Waals surface area (Å²) in [6, 6.07) is -1.62. The first kappa shape index (κ1) is 13.9. The van der Waals surface area contributed by atoms with E-state index in [-0.39, 0.29) is 12.3 Å². The Morgan fingerprint density at radius 2 is 2.17 bits per heavy atom. The lowest BCUT2D eigenvalue weighted by Crippen LogP contribution is -2.58. The number of fused-ring (bicyclic) bond motifs is 1. The average Bonchev–Trinajstić information content (AvgIpc) is 2.44. The van der Waals surface area contributed by atoms with Gasteiger partial charge in [-0.3, -0.25) is 4.79 Å². The lowest BCUT2D eigenvalue weighted by Gasteiger charge is -2.36. The molecule has 0 radical (unpaired) electrons. The molecule has 6 nitrogen and oxygen atoms in total. The third-order valence-corrected chi connectivity index (χ3v) is 7.10. The van der Waals surface area contributed by atoms with Gasteiger partial charge in [-0.25, -0.2) is 13.2 Å². The number of halogens is 2. The lowest BCUT2D eigenvalue weighted by atomic mass is 9.98. The highest BCUT2D eigenvalue weighted by Crippen LogP contribution is 2.46. The number of nitrogens with zero attached hydrogens (tertiary/aromatic N) is 1. The zero-order valence-electron chi connectivity index (χ0n) is 9.43. The number of alkyl halides is 2. The summed E-state index contributed by atoms with van der Waals surface area (Å²) in [5.74, 6) is -1.53. The van der Waals surface area contributed by atoms with Crippen LogP contribution in [0.1, 0.15) is 13.3 Å². The minimum absolute atomic E-state index is 0.112. The monoisotopic (exact) mass is 315 g/mol. The number of amides is 1. The van der Waals surface area contributed by atoms with Gasteiger partial charge in [-0.15, -0.1) is 11.6 Å². The van der Waals surface area contributed by atoms with Gasteiger partial charge in [0.2, 0.25) is 5.91 Å². The van der Waals surface area contributed by atoms with Crippen LogP contribution in [0.2, 0.25) is 0 Å². The molecule has 0 aromatic rings. The summed E-state index contributed by atoms with van der Waals surface area (Å²) in [6.45, 7) is 1.35. The fourth-order valence-electron chi connectivity index (χ4n) is 2.38. The molecule has 0 saturated carbocycles. The normalized spacial score (nSPS) is 37.1. The van der Waals surface area contributed by atoms with E-state index in [1.165, 1.54) is 6.92 Å². The Morgan fingerprint density at radius 1 is 1.56 bits per heavy atom. The van der Waals surface area contributed by atoms with Crippen LogP contribution in [-0.4, -0.2) is 53.3 Å². The fraction of sp³-hybridized carbons (Fsp3) is 0.778. The van der Waals surface area contributed by atoms with Crippen molar-refractivity contribution in [1.82, 2.24) is 4.90 Å². The van der Waals surface area contributed by atoms with Crippen molar-refractivity contribution in [3.8, 4) is 0 Å². The zero-order valence-corrected chi connectivity index (χ0v) is 11.8. The highest BCUT2D eigenvalue weighted by atomic mass is 35.5. The molecule has 1 amide bonds. The van der Waals surface area contributed by atoms with E-state index in [0.29, 0.717) is 0 Å². The van der Waals surface area contributed by atoms with Crippen LogP contribution in [-0.2, 0) is 24.2 Å². The molecule has 2 rings (SSSR count). The van der Waals surface area contributed by atoms with Crippen molar-refractivity contribution < 1.29 is 22.7 Å². The van der Waals surface area contributed by atoms with Crippen LogP contribution in [0.15, 0.2) is 0 Å². The number of carbonyl (C=O) groups is 2. The van der Waals surface area contributed by atoms with Gasteiger partial charge >= 0.3 is 5.97 Å². The second kappa shape index (κ2) is 4.25. The first-order valence-corrected chi connectivity index (χ1v) is 7.76. The highest BCUT2D eigenvalue weighted by Gasteiger charge is 2.69. The topological polar surface area (TPSA) is 80.8 Å². The van der Waals surface area contributed by atoms with Crippen LogP contribution in [0, 0.1) is 0 Å². The van der Waals surface area contributed by atoms with Crippen LogP contribution in [0.25, 0.3) is 0 Å². The van der Waals surface area contributed by atoms with Gasteiger partial charge in [-0.2, -0.15) is 0 Å². The molecule has 0 aliphatic carbocycles. The van der Waals surface area contributed by atoms with Gasteiger partial charge in [0.05, 0.1) is 6.42 Å². The quantitative estimate of drug-likeness (QED) is 0.418. The summed E-state index contributed by atoms with van der Waals surface area (Å²) >= 11 is 11.0. The summed E-state index contributed by atoms with van der Waals surface area (Å²) in [5.41, 5.74) is 0. The van der Waals surface area contributed by atoms with Crippen molar-refractivity contribution in [3.05, 3.63) is 0 Å². The maximum absolute atomic E-state index is 12.3. The molecule has 0 aromatic heterocycles. The van der Waals surface area contributed by atoms with Crippen LogP contribution < -0.4 is 0 Å². The smallest absolute Gasteiger partial charge is 0.331 e. The van der Waals surface area contributed by atoms with E-state index in [2.05, 4.69) is 4.74 Å². The van der Waals surface area contributed by atoms with Gasteiger partial charge in [0, 0.05) is 5.88 Å². The molecule has 2 aliphatic rings. The Hall–Kier alpha value is -0.530. The van der Waals surface area contributed by atoms with Crippen molar-refractivity contribution in [1.29, 1.82) is 0 Å². The molecule has 0 spiro atoms. The van der Waals surface area contributed by atoms with Gasteiger partial charge in [0.25, 0.3) is 0 Å². The Morgan fingerprint density at radius 3 is 2.61 bits per heavy atom. The van der Waals surface area contributed by atoms with Gasteiger partial charge in [-0.1, -0.05) is 11.6 Å². The molecule has 0 bridgehead atoms. The summed E-state index contributed by atoms with van der Waals surface area (Å²) < 4.78 is 27.6. The largest absolute Gasteiger partial charge is 0.448 e. The molecule has 2 fully saturated rings. The highest BCUT2D eigenvalue weighted by molar-refractivity contribution is 7.94. The van der Waals surface area contributed by atoms with Gasteiger partial charge in [0.1, 0.15) is 10.1 Å². The first-order valence-electron chi connectivity index (χ1n) is 5.14. The second-order valence-corrected chi connectivity index (χ2v) is 7.48. The Balaban J connectivity index is 2.48. The van der Waals surface area contributed by atoms with Gasteiger partial charge in [0.15, 0.2) is 21.9 Å². The standard InChI is InChI=1S/C9H11Cl2NO5S/c1-9(3-10)7(8(14)17-4-11)12-5(13)2-6(12)18(9,15)16/h6-7H,2-4H2,1H3/t6-,7?,9-/m0/s1. The molecule has 18 heavy (non-hydrogen) atoms. The van der Waals surface area contributed by atoms with E-state index in [1.807, 2.05) is 0 Å². The maximum Gasteiger partial charge on any atom is 0.331 e. The fourth-order valence-corrected chi connectivity index (χ4v) is 5.28. The number of rotatable bonds is 3. The number of hydrogen-bond donors (Lipinski definition) is 0. The number of β-lactam (4-membered cyclic amide) rings is 1. The molecule has 3 atom stereocenters. The molecule has 1 unspecified atom stereocenters. The van der Waals surface area contributed by atoms with Crippen LogP contribution >= 0.6 is 23.2 Å². The van der Waals surface area contributed by atoms with Gasteiger partial charge in [-0.05, 0) is 6.92 Å². The minimum atomic E-state index is -3.69. The summed E-state index contributed by atoms with van der Waals surface area (Å²) in [7, 11) is -3.69. The number of carbonyl (C=O) groups excluding carboxylic acids is 2. The van der Waals surface area contributed by atoms with E-state index in [1.54, 1.807) is 0 Å². The molecular weight excluding hydrogens is 305 g/mol. The molecular formula is C9H11Cl2NO5S. The lowest BCUT2D eigenvalue weighted by molar-refractivity contribution is -0.160. The number of sulfone groups is 1. The van der Waals surface area contributed by atoms with Crippen molar-refractivity contribution in [2.45, 2.75) is 29.5 Å². The summed E-state index contributed by atoms with van der Waals surface area (Å²) in [4.78, 5) is 24.4. The molecule has 0 aromatic carbocycles. The number of hydrogen-bond acceptors (Lipinski definition) is 5. The van der Waals surface area contributed by atoms with E-state index < -0.39 is 43.9 Å². The van der Waals surface area contributed by atoms with Crippen LogP contribution in [0.5, 0.6) is 0 Å². The molecule has 102 valence electrons. The van der Waals surface area contributed by atoms with E-state index in [4.69, 9.17) is 23.2 Å². The van der Waals surface area contributed by atoms with Crippen molar-refractivity contribution in [2.24, 2.45) is 0 Å². The molecule has 2 heterocycles. The van der Waals surface area contributed by atoms with E-state index in [9.17, 15) is 18.0 Å². The number of esters is 1. The average molecular weight is 316 g/mol. The van der Waals surface area contributed by atoms with Gasteiger partial charge < -0.3 is 9.64 Å². The van der Waals surface area contributed by atoms with Crippen molar-refractivity contribution in [2.75, 3.05) is 11.9 Å². The van der Waals surface area contributed by atoms with E-state index >= 15 is 0 Å².